The van der Waals surface area contributed by atoms with Crippen molar-refractivity contribution in [3.63, 3.8) is 0 Å². The van der Waals surface area contributed by atoms with Crippen molar-refractivity contribution in [1.29, 1.82) is 0 Å². The summed E-state index contributed by atoms with van der Waals surface area (Å²) in [4.78, 5) is 0. The topological polar surface area (TPSA) is 46.2 Å². The van der Waals surface area contributed by atoms with Crippen LogP contribution in [0, 0.1) is 11.8 Å². The summed E-state index contributed by atoms with van der Waals surface area (Å²) >= 11 is 0. The SMILES string of the molecule is CC1CCCC(NS(=O)(=O)/C=C/c2ccccc2)C1C. The van der Waals surface area contributed by atoms with Gasteiger partial charge in [-0.25, -0.2) is 13.1 Å². The third kappa shape index (κ3) is 4.18. The second-order valence-corrected chi connectivity index (χ2v) is 7.35. The first-order valence-electron chi connectivity index (χ1n) is 7.23. The Morgan fingerprint density at radius 1 is 1.15 bits per heavy atom. The average Bonchev–Trinajstić information content (AvgIpc) is 2.43. The van der Waals surface area contributed by atoms with E-state index in [4.69, 9.17) is 0 Å². The highest BCUT2D eigenvalue weighted by molar-refractivity contribution is 7.92. The Hall–Kier alpha value is -1.13. The predicted molar refractivity (Wildman–Crippen MR) is 83.5 cm³/mol. The minimum atomic E-state index is -3.37. The van der Waals surface area contributed by atoms with Crippen LogP contribution in [0.5, 0.6) is 0 Å². The van der Waals surface area contributed by atoms with Crippen LogP contribution in [0.2, 0.25) is 0 Å². The van der Waals surface area contributed by atoms with E-state index in [1.807, 2.05) is 30.3 Å². The maximum absolute atomic E-state index is 12.1. The summed E-state index contributed by atoms with van der Waals surface area (Å²) in [6.45, 7) is 4.34. The molecule has 0 radical (unpaired) electrons. The van der Waals surface area contributed by atoms with Crippen molar-refractivity contribution in [3.05, 3.63) is 41.3 Å². The monoisotopic (exact) mass is 293 g/mol. The molecule has 3 unspecified atom stereocenters. The third-order valence-corrected chi connectivity index (χ3v) is 5.39. The van der Waals surface area contributed by atoms with Crippen LogP contribution in [0.3, 0.4) is 0 Å². The Labute approximate surface area is 122 Å². The fourth-order valence-corrected chi connectivity index (χ4v) is 3.90. The Morgan fingerprint density at radius 3 is 2.55 bits per heavy atom. The van der Waals surface area contributed by atoms with Gasteiger partial charge in [-0.3, -0.25) is 0 Å². The lowest BCUT2D eigenvalue weighted by atomic mass is 9.78. The highest BCUT2D eigenvalue weighted by Crippen LogP contribution is 2.29. The zero-order chi connectivity index (χ0) is 14.6. The maximum Gasteiger partial charge on any atom is 0.233 e. The first kappa shape index (κ1) is 15.3. The highest BCUT2D eigenvalue weighted by atomic mass is 32.2. The van der Waals surface area contributed by atoms with Crippen LogP contribution in [0.4, 0.5) is 0 Å². The molecule has 1 saturated carbocycles. The zero-order valence-electron chi connectivity index (χ0n) is 12.1. The standard InChI is InChI=1S/C16H23NO2S/c1-13-7-6-10-16(14(13)2)17-20(18,19)12-11-15-8-4-3-5-9-15/h3-5,8-9,11-14,16-17H,6-7,10H2,1-2H3/b12-11+. The van der Waals surface area contributed by atoms with Crippen LogP contribution in [-0.4, -0.2) is 14.5 Å². The minimum absolute atomic E-state index is 0.0594. The highest BCUT2D eigenvalue weighted by Gasteiger charge is 2.29. The molecule has 3 nitrogen and oxygen atoms in total. The Kier molecular flexibility index (Phi) is 5.00. The van der Waals surface area contributed by atoms with Crippen molar-refractivity contribution in [2.45, 2.75) is 39.2 Å². The number of rotatable bonds is 4. The van der Waals surface area contributed by atoms with E-state index in [0.717, 1.165) is 18.4 Å². The van der Waals surface area contributed by atoms with Gasteiger partial charge in [-0.2, -0.15) is 0 Å². The van der Waals surface area contributed by atoms with E-state index in [1.54, 1.807) is 6.08 Å². The van der Waals surface area contributed by atoms with Crippen molar-refractivity contribution in [3.8, 4) is 0 Å². The van der Waals surface area contributed by atoms with Gasteiger partial charge in [0.15, 0.2) is 0 Å². The molecule has 3 atom stereocenters. The summed E-state index contributed by atoms with van der Waals surface area (Å²) in [7, 11) is -3.37. The number of hydrogen-bond donors (Lipinski definition) is 1. The van der Waals surface area contributed by atoms with E-state index in [1.165, 1.54) is 11.8 Å². The van der Waals surface area contributed by atoms with Gasteiger partial charge in [-0.15, -0.1) is 0 Å². The van der Waals surface area contributed by atoms with Crippen molar-refractivity contribution >= 4 is 16.1 Å². The lowest BCUT2D eigenvalue weighted by Crippen LogP contribution is -2.42. The van der Waals surface area contributed by atoms with Gasteiger partial charge in [-0.1, -0.05) is 57.0 Å². The second-order valence-electron chi connectivity index (χ2n) is 5.75. The van der Waals surface area contributed by atoms with Gasteiger partial charge in [0, 0.05) is 11.4 Å². The molecular weight excluding hydrogens is 270 g/mol. The van der Waals surface area contributed by atoms with E-state index < -0.39 is 10.0 Å². The van der Waals surface area contributed by atoms with Crippen LogP contribution in [0.1, 0.15) is 38.7 Å². The van der Waals surface area contributed by atoms with Crippen molar-refractivity contribution in [1.82, 2.24) is 4.72 Å². The predicted octanol–water partition coefficient (Wildman–Crippen LogP) is 3.40. The molecular formula is C16H23NO2S. The fourth-order valence-electron chi connectivity index (χ4n) is 2.73. The second kappa shape index (κ2) is 6.55. The van der Waals surface area contributed by atoms with Crippen LogP contribution in [-0.2, 0) is 10.0 Å². The summed E-state index contributed by atoms with van der Waals surface area (Å²) in [6.07, 6.45) is 4.86. The van der Waals surface area contributed by atoms with E-state index in [9.17, 15) is 8.42 Å². The molecule has 0 aliphatic heterocycles. The zero-order valence-corrected chi connectivity index (χ0v) is 12.9. The van der Waals surface area contributed by atoms with Crippen LogP contribution < -0.4 is 4.72 Å². The Morgan fingerprint density at radius 2 is 1.85 bits per heavy atom. The molecule has 0 saturated heterocycles. The first-order chi connectivity index (χ1) is 9.48. The van der Waals surface area contributed by atoms with Gasteiger partial charge in [0.05, 0.1) is 0 Å². The minimum Gasteiger partial charge on any atom is -0.208 e. The van der Waals surface area contributed by atoms with E-state index in [2.05, 4.69) is 18.6 Å². The summed E-state index contributed by atoms with van der Waals surface area (Å²) in [5, 5.41) is 1.27. The van der Waals surface area contributed by atoms with Gasteiger partial charge < -0.3 is 0 Å². The van der Waals surface area contributed by atoms with Crippen molar-refractivity contribution in [2.75, 3.05) is 0 Å². The molecule has 110 valence electrons. The van der Waals surface area contributed by atoms with E-state index >= 15 is 0 Å². The van der Waals surface area contributed by atoms with E-state index in [0.29, 0.717) is 11.8 Å². The molecule has 1 N–H and O–H groups in total. The molecule has 0 aromatic heterocycles. The number of hydrogen-bond acceptors (Lipinski definition) is 2. The van der Waals surface area contributed by atoms with Crippen molar-refractivity contribution < 1.29 is 8.42 Å². The molecule has 4 heteroatoms. The molecule has 0 spiro atoms. The fraction of sp³-hybridized carbons (Fsp3) is 0.500. The largest absolute Gasteiger partial charge is 0.233 e. The van der Waals surface area contributed by atoms with Gasteiger partial charge >= 0.3 is 0 Å². The molecule has 0 bridgehead atoms. The number of benzene rings is 1. The molecule has 0 amide bonds. The number of nitrogens with one attached hydrogen (secondary N) is 1. The van der Waals surface area contributed by atoms with Crippen molar-refractivity contribution in [2.24, 2.45) is 11.8 Å². The average molecular weight is 293 g/mol. The van der Waals surface area contributed by atoms with Crippen LogP contribution in [0.25, 0.3) is 6.08 Å². The lowest BCUT2D eigenvalue weighted by Gasteiger charge is -2.34. The Balaban J connectivity index is 2.02. The molecule has 1 aromatic carbocycles. The Bertz CT molecular complexity index is 551. The lowest BCUT2D eigenvalue weighted by molar-refractivity contribution is 0.227. The summed E-state index contributed by atoms with van der Waals surface area (Å²) in [5.41, 5.74) is 0.892. The summed E-state index contributed by atoms with van der Waals surface area (Å²) in [6, 6.07) is 9.53. The molecule has 1 aliphatic rings. The first-order valence-corrected chi connectivity index (χ1v) is 8.78. The van der Waals surface area contributed by atoms with Crippen LogP contribution >= 0.6 is 0 Å². The molecule has 1 aliphatic carbocycles. The summed E-state index contributed by atoms with van der Waals surface area (Å²) < 4.78 is 27.1. The van der Waals surface area contributed by atoms with Gasteiger partial charge in [-0.05, 0) is 29.9 Å². The van der Waals surface area contributed by atoms with Gasteiger partial charge in [0.1, 0.15) is 0 Å². The quantitative estimate of drug-likeness (QED) is 0.924. The molecule has 2 rings (SSSR count). The molecule has 20 heavy (non-hydrogen) atoms. The molecule has 1 fully saturated rings. The number of sulfonamides is 1. The smallest absolute Gasteiger partial charge is 0.208 e. The molecule has 0 heterocycles. The summed E-state index contributed by atoms with van der Waals surface area (Å²) in [5.74, 6) is 0.971. The normalized spacial score (nSPS) is 27.8. The van der Waals surface area contributed by atoms with Gasteiger partial charge in [0.2, 0.25) is 10.0 Å². The molecule has 1 aromatic rings. The van der Waals surface area contributed by atoms with E-state index in [-0.39, 0.29) is 6.04 Å². The van der Waals surface area contributed by atoms with Crippen LogP contribution in [0.15, 0.2) is 35.7 Å². The third-order valence-electron chi connectivity index (χ3n) is 4.26. The van der Waals surface area contributed by atoms with Gasteiger partial charge in [0.25, 0.3) is 0 Å². The maximum atomic E-state index is 12.1.